The van der Waals surface area contributed by atoms with Crippen LogP contribution in [-0.4, -0.2) is 0 Å². The fourth-order valence-electron chi connectivity index (χ4n) is 2.45. The lowest BCUT2D eigenvalue weighted by Gasteiger charge is -2.18. The highest BCUT2D eigenvalue weighted by atomic mass is 127. The predicted octanol–water partition coefficient (Wildman–Crippen LogP) is 5.84. The summed E-state index contributed by atoms with van der Waals surface area (Å²) in [5, 5.41) is 0. The molecule has 19 heavy (non-hydrogen) atoms. The Morgan fingerprint density at radius 3 is 2.16 bits per heavy atom. The number of halogens is 3. The van der Waals surface area contributed by atoms with E-state index in [9.17, 15) is 4.39 Å². The third-order valence-electron chi connectivity index (χ3n) is 3.23. The zero-order valence-electron chi connectivity index (χ0n) is 11.1. The largest absolute Gasteiger partial charge is 0.207 e. The number of aryl methyl sites for hydroxylation is 3. The SMILES string of the molecule is Cc1cc(C)c(C(Br)c2ccc(F)cc2I)c(C)c1. The molecule has 3 heteroatoms. The topological polar surface area (TPSA) is 0 Å². The van der Waals surface area contributed by atoms with Crippen LogP contribution in [0.5, 0.6) is 0 Å². The number of alkyl halides is 1. The van der Waals surface area contributed by atoms with Gasteiger partial charge in [0.25, 0.3) is 0 Å². The van der Waals surface area contributed by atoms with Gasteiger partial charge in [-0.15, -0.1) is 0 Å². The lowest BCUT2D eigenvalue weighted by molar-refractivity contribution is 0.626. The van der Waals surface area contributed by atoms with Gasteiger partial charge in [-0.1, -0.05) is 39.7 Å². The Kier molecular flexibility index (Phi) is 4.66. The highest BCUT2D eigenvalue weighted by molar-refractivity contribution is 14.1. The normalized spacial score (nSPS) is 12.5. The molecular formula is C16H15BrFI. The molecule has 0 aliphatic carbocycles. The van der Waals surface area contributed by atoms with E-state index in [-0.39, 0.29) is 10.6 Å². The van der Waals surface area contributed by atoms with E-state index in [2.05, 4.69) is 71.4 Å². The van der Waals surface area contributed by atoms with Crippen LogP contribution in [0.3, 0.4) is 0 Å². The van der Waals surface area contributed by atoms with E-state index in [1.54, 1.807) is 6.07 Å². The van der Waals surface area contributed by atoms with Gasteiger partial charge in [0.15, 0.2) is 0 Å². The smallest absolute Gasteiger partial charge is 0.124 e. The van der Waals surface area contributed by atoms with Crippen LogP contribution in [0.1, 0.15) is 32.6 Å². The Balaban J connectivity index is 2.53. The molecule has 2 rings (SSSR count). The first-order chi connectivity index (χ1) is 8.90. The summed E-state index contributed by atoms with van der Waals surface area (Å²) in [6, 6.07) is 9.32. The molecule has 2 aromatic carbocycles. The van der Waals surface area contributed by atoms with E-state index in [1.165, 1.54) is 28.3 Å². The van der Waals surface area contributed by atoms with E-state index in [0.717, 1.165) is 9.13 Å². The van der Waals surface area contributed by atoms with Gasteiger partial charge in [0, 0.05) is 3.57 Å². The van der Waals surface area contributed by atoms with E-state index < -0.39 is 0 Å². The van der Waals surface area contributed by atoms with Gasteiger partial charge in [0.1, 0.15) is 5.82 Å². The van der Waals surface area contributed by atoms with Gasteiger partial charge in [-0.05, 0) is 77.7 Å². The van der Waals surface area contributed by atoms with Gasteiger partial charge < -0.3 is 0 Å². The lowest BCUT2D eigenvalue weighted by Crippen LogP contribution is -2.02. The highest BCUT2D eigenvalue weighted by Crippen LogP contribution is 2.37. The Hall–Kier alpha value is -0.420. The molecule has 0 amide bonds. The molecule has 0 fully saturated rings. The minimum Gasteiger partial charge on any atom is -0.207 e. The molecule has 2 aromatic rings. The second-order valence-corrected chi connectivity index (χ2v) is 6.92. The molecule has 0 spiro atoms. The molecule has 100 valence electrons. The summed E-state index contributed by atoms with van der Waals surface area (Å²) >= 11 is 5.96. The number of benzene rings is 2. The molecule has 0 aliphatic rings. The maximum Gasteiger partial charge on any atom is 0.124 e. The molecule has 0 nitrogen and oxygen atoms in total. The molecule has 0 saturated heterocycles. The van der Waals surface area contributed by atoms with Crippen molar-refractivity contribution in [3.05, 3.63) is 67.5 Å². The molecule has 0 radical (unpaired) electrons. The van der Waals surface area contributed by atoms with Crippen molar-refractivity contribution in [1.29, 1.82) is 0 Å². The number of hydrogen-bond donors (Lipinski definition) is 0. The summed E-state index contributed by atoms with van der Waals surface area (Å²) in [6.45, 7) is 6.36. The molecule has 0 heterocycles. The van der Waals surface area contributed by atoms with Gasteiger partial charge in [0.05, 0.1) is 4.83 Å². The van der Waals surface area contributed by atoms with Crippen LogP contribution in [0.4, 0.5) is 4.39 Å². The molecule has 0 aliphatic heterocycles. The minimum absolute atomic E-state index is 0.0978. The quantitative estimate of drug-likeness (QED) is 0.413. The third kappa shape index (κ3) is 3.19. The van der Waals surface area contributed by atoms with Gasteiger partial charge >= 0.3 is 0 Å². The van der Waals surface area contributed by atoms with Crippen LogP contribution in [0.25, 0.3) is 0 Å². The minimum atomic E-state index is -0.190. The fraction of sp³-hybridized carbons (Fsp3) is 0.250. The van der Waals surface area contributed by atoms with E-state index in [1.807, 2.05) is 6.07 Å². The first kappa shape index (κ1) is 15.0. The van der Waals surface area contributed by atoms with Gasteiger partial charge in [-0.25, -0.2) is 4.39 Å². The van der Waals surface area contributed by atoms with Crippen LogP contribution < -0.4 is 0 Å². The van der Waals surface area contributed by atoms with Crippen LogP contribution in [0, 0.1) is 30.2 Å². The Morgan fingerprint density at radius 2 is 1.63 bits per heavy atom. The number of rotatable bonds is 2. The standard InChI is InChI=1S/C16H15BrFI/c1-9-6-10(2)15(11(3)7-9)16(17)13-5-4-12(18)8-14(13)19/h4-8,16H,1-3H3. The van der Waals surface area contributed by atoms with Crippen molar-refractivity contribution in [2.75, 3.05) is 0 Å². The van der Waals surface area contributed by atoms with Gasteiger partial charge in [-0.3, -0.25) is 0 Å². The van der Waals surface area contributed by atoms with Crippen LogP contribution in [0.2, 0.25) is 0 Å². The van der Waals surface area contributed by atoms with Gasteiger partial charge in [-0.2, -0.15) is 0 Å². The van der Waals surface area contributed by atoms with E-state index in [4.69, 9.17) is 0 Å². The van der Waals surface area contributed by atoms with Crippen molar-refractivity contribution in [3.63, 3.8) is 0 Å². The monoisotopic (exact) mass is 432 g/mol. The zero-order chi connectivity index (χ0) is 14.2. The van der Waals surface area contributed by atoms with Crippen LogP contribution >= 0.6 is 38.5 Å². The maximum atomic E-state index is 13.2. The Labute approximate surface area is 135 Å². The second kappa shape index (κ2) is 5.92. The van der Waals surface area contributed by atoms with Crippen molar-refractivity contribution in [2.45, 2.75) is 25.6 Å². The van der Waals surface area contributed by atoms with Crippen molar-refractivity contribution in [2.24, 2.45) is 0 Å². The summed E-state index contributed by atoms with van der Waals surface area (Å²) in [4.78, 5) is 0.0978. The van der Waals surface area contributed by atoms with Crippen LogP contribution in [-0.2, 0) is 0 Å². The summed E-state index contributed by atoms with van der Waals surface area (Å²) in [5.74, 6) is -0.190. The number of hydrogen-bond acceptors (Lipinski definition) is 0. The molecule has 1 unspecified atom stereocenters. The van der Waals surface area contributed by atoms with Crippen molar-refractivity contribution < 1.29 is 4.39 Å². The lowest BCUT2D eigenvalue weighted by atomic mass is 9.94. The Bertz CT molecular complexity index is 599. The molecule has 0 saturated carbocycles. The molecule has 0 bridgehead atoms. The summed E-state index contributed by atoms with van der Waals surface area (Å²) in [7, 11) is 0. The first-order valence-electron chi connectivity index (χ1n) is 6.07. The Morgan fingerprint density at radius 1 is 1.05 bits per heavy atom. The van der Waals surface area contributed by atoms with E-state index >= 15 is 0 Å². The van der Waals surface area contributed by atoms with Crippen LogP contribution in [0.15, 0.2) is 30.3 Å². The molecule has 0 aromatic heterocycles. The summed E-state index contributed by atoms with van der Waals surface area (Å²) < 4.78 is 14.1. The summed E-state index contributed by atoms with van der Waals surface area (Å²) in [6.07, 6.45) is 0. The predicted molar refractivity (Wildman–Crippen MR) is 90.5 cm³/mol. The average Bonchev–Trinajstić information content (AvgIpc) is 2.26. The maximum absolute atomic E-state index is 13.2. The average molecular weight is 433 g/mol. The highest BCUT2D eigenvalue weighted by Gasteiger charge is 2.18. The molecule has 0 N–H and O–H groups in total. The van der Waals surface area contributed by atoms with E-state index in [0.29, 0.717) is 0 Å². The van der Waals surface area contributed by atoms with Crippen molar-refractivity contribution in [3.8, 4) is 0 Å². The zero-order valence-corrected chi connectivity index (χ0v) is 14.8. The summed E-state index contributed by atoms with van der Waals surface area (Å²) in [5.41, 5.74) is 6.18. The second-order valence-electron chi connectivity index (χ2n) is 4.84. The fourth-order valence-corrected chi connectivity index (χ4v) is 4.79. The first-order valence-corrected chi connectivity index (χ1v) is 8.06. The van der Waals surface area contributed by atoms with Crippen molar-refractivity contribution in [1.82, 2.24) is 0 Å². The molecular weight excluding hydrogens is 418 g/mol. The van der Waals surface area contributed by atoms with Gasteiger partial charge in [0.2, 0.25) is 0 Å². The third-order valence-corrected chi connectivity index (χ3v) is 5.11. The van der Waals surface area contributed by atoms with Crippen molar-refractivity contribution >= 4 is 38.5 Å². The molecule has 1 atom stereocenters.